The molecule has 2 aliphatic heterocycles. The second-order valence-corrected chi connectivity index (χ2v) is 8.68. The number of fused-ring (bicyclic) bond motifs is 1. The van der Waals surface area contributed by atoms with E-state index in [9.17, 15) is 0 Å². The molecule has 1 fully saturated rings. The van der Waals surface area contributed by atoms with Crippen LogP contribution >= 0.6 is 23.1 Å². The number of pyridine rings is 1. The van der Waals surface area contributed by atoms with Gasteiger partial charge in [0.1, 0.15) is 0 Å². The molecule has 0 aromatic carbocycles. The quantitative estimate of drug-likeness (QED) is 0.834. The zero-order chi connectivity index (χ0) is 14.8. The van der Waals surface area contributed by atoms with Crippen molar-refractivity contribution in [3.05, 3.63) is 53.2 Å². The molecule has 22 heavy (non-hydrogen) atoms. The van der Waals surface area contributed by atoms with Crippen molar-refractivity contribution >= 4 is 29.2 Å². The van der Waals surface area contributed by atoms with Gasteiger partial charge in [-0.3, -0.25) is 4.98 Å². The summed E-state index contributed by atoms with van der Waals surface area (Å²) in [5.74, 6) is 0. The predicted octanol–water partition coefficient (Wildman–Crippen LogP) is 4.34. The van der Waals surface area contributed by atoms with Crippen molar-refractivity contribution in [1.29, 1.82) is 0 Å². The Balaban J connectivity index is 1.33. The van der Waals surface area contributed by atoms with Crippen LogP contribution in [0.5, 0.6) is 0 Å². The molecule has 1 saturated heterocycles. The van der Waals surface area contributed by atoms with Gasteiger partial charge in [0.25, 0.3) is 0 Å². The molecule has 0 aliphatic carbocycles. The molecule has 0 unspecified atom stereocenters. The summed E-state index contributed by atoms with van der Waals surface area (Å²) in [5.41, 5.74) is 2.62. The highest BCUT2D eigenvalue weighted by atomic mass is 32.2. The second-order valence-electron chi connectivity index (χ2n) is 6.08. The highest BCUT2D eigenvalue weighted by molar-refractivity contribution is 8.02. The SMILES string of the molecule is C1=CC2(CCN(CCc3ccccn3)CC2)Sc2sccc21. The summed E-state index contributed by atoms with van der Waals surface area (Å²) in [6.07, 6.45) is 10.3. The molecule has 4 rings (SSSR count). The molecule has 0 saturated carbocycles. The summed E-state index contributed by atoms with van der Waals surface area (Å²) in [6.45, 7) is 3.53. The fourth-order valence-corrected chi connectivity index (χ4v) is 5.83. The summed E-state index contributed by atoms with van der Waals surface area (Å²) < 4.78 is 1.85. The van der Waals surface area contributed by atoms with Crippen LogP contribution in [0.4, 0.5) is 0 Å². The molecular weight excluding hydrogens is 308 g/mol. The molecular formula is C18H20N2S2. The highest BCUT2D eigenvalue weighted by Gasteiger charge is 2.35. The van der Waals surface area contributed by atoms with Crippen molar-refractivity contribution in [2.24, 2.45) is 0 Å². The van der Waals surface area contributed by atoms with E-state index in [0.29, 0.717) is 4.75 Å². The van der Waals surface area contributed by atoms with Gasteiger partial charge in [0, 0.05) is 29.6 Å². The summed E-state index contributed by atoms with van der Waals surface area (Å²) in [4.78, 5) is 7.02. The van der Waals surface area contributed by atoms with E-state index in [1.54, 1.807) is 0 Å². The summed E-state index contributed by atoms with van der Waals surface area (Å²) in [6, 6.07) is 8.43. The van der Waals surface area contributed by atoms with Crippen molar-refractivity contribution in [2.75, 3.05) is 19.6 Å². The molecule has 4 heterocycles. The van der Waals surface area contributed by atoms with Gasteiger partial charge in [-0.15, -0.1) is 23.1 Å². The molecule has 0 amide bonds. The van der Waals surface area contributed by atoms with E-state index in [0.717, 1.165) is 13.0 Å². The number of hydrogen-bond acceptors (Lipinski definition) is 4. The minimum absolute atomic E-state index is 0.347. The van der Waals surface area contributed by atoms with Crippen LogP contribution in [0.15, 0.2) is 46.1 Å². The van der Waals surface area contributed by atoms with Gasteiger partial charge in [-0.25, -0.2) is 0 Å². The molecule has 0 atom stereocenters. The second kappa shape index (κ2) is 6.19. The van der Waals surface area contributed by atoms with E-state index >= 15 is 0 Å². The molecule has 0 radical (unpaired) electrons. The molecule has 4 heteroatoms. The average Bonchev–Trinajstić information content (AvgIpc) is 3.03. The first kappa shape index (κ1) is 14.5. The van der Waals surface area contributed by atoms with Gasteiger partial charge in [0.05, 0.1) is 4.21 Å². The number of nitrogens with zero attached hydrogens (tertiary/aromatic N) is 2. The monoisotopic (exact) mass is 328 g/mol. The van der Waals surface area contributed by atoms with Gasteiger partial charge >= 0.3 is 0 Å². The van der Waals surface area contributed by atoms with Crippen molar-refractivity contribution in [1.82, 2.24) is 9.88 Å². The number of hydrogen-bond donors (Lipinski definition) is 0. The minimum atomic E-state index is 0.347. The number of thiophene rings is 1. The molecule has 2 aliphatic rings. The van der Waals surface area contributed by atoms with E-state index in [1.807, 2.05) is 23.6 Å². The van der Waals surface area contributed by atoms with Crippen LogP contribution in [0.1, 0.15) is 24.1 Å². The first-order valence-electron chi connectivity index (χ1n) is 7.91. The largest absolute Gasteiger partial charge is 0.303 e. The van der Waals surface area contributed by atoms with Crippen molar-refractivity contribution < 1.29 is 0 Å². The Morgan fingerprint density at radius 3 is 2.91 bits per heavy atom. The van der Waals surface area contributed by atoms with Crippen molar-refractivity contribution in [3.63, 3.8) is 0 Å². The Hall–Kier alpha value is -1.10. The van der Waals surface area contributed by atoms with Crippen molar-refractivity contribution in [2.45, 2.75) is 28.2 Å². The third kappa shape index (κ3) is 3.00. The predicted molar refractivity (Wildman–Crippen MR) is 95.6 cm³/mol. The fourth-order valence-electron chi connectivity index (χ4n) is 3.21. The first-order valence-corrected chi connectivity index (χ1v) is 9.61. The van der Waals surface area contributed by atoms with E-state index in [4.69, 9.17) is 0 Å². The number of aromatic nitrogens is 1. The first-order chi connectivity index (χ1) is 10.8. The highest BCUT2D eigenvalue weighted by Crippen LogP contribution is 2.48. The summed E-state index contributed by atoms with van der Waals surface area (Å²) in [5, 5.41) is 2.21. The van der Waals surface area contributed by atoms with E-state index < -0.39 is 0 Å². The Labute approximate surface area is 140 Å². The molecule has 2 nitrogen and oxygen atoms in total. The average molecular weight is 329 g/mol. The normalized spacial score (nSPS) is 20.2. The number of piperidine rings is 1. The maximum atomic E-state index is 4.43. The maximum absolute atomic E-state index is 4.43. The van der Waals surface area contributed by atoms with Crippen LogP contribution in [0.2, 0.25) is 0 Å². The summed E-state index contributed by atoms with van der Waals surface area (Å²) >= 11 is 3.99. The Morgan fingerprint density at radius 2 is 2.09 bits per heavy atom. The van der Waals surface area contributed by atoms with Gasteiger partial charge in [-0.2, -0.15) is 0 Å². The Morgan fingerprint density at radius 1 is 1.18 bits per heavy atom. The molecule has 114 valence electrons. The van der Waals surface area contributed by atoms with Gasteiger partial charge in [0.15, 0.2) is 0 Å². The van der Waals surface area contributed by atoms with Crippen LogP contribution in [-0.4, -0.2) is 34.3 Å². The lowest BCUT2D eigenvalue weighted by molar-refractivity contribution is 0.217. The molecule has 1 spiro atoms. The fraction of sp³-hybridized carbons (Fsp3) is 0.389. The summed E-state index contributed by atoms with van der Waals surface area (Å²) in [7, 11) is 0. The van der Waals surface area contributed by atoms with E-state index in [1.165, 1.54) is 41.4 Å². The number of thioether (sulfide) groups is 1. The van der Waals surface area contributed by atoms with Crippen LogP contribution in [-0.2, 0) is 6.42 Å². The zero-order valence-electron chi connectivity index (χ0n) is 12.6. The molecule has 0 N–H and O–H groups in total. The lowest BCUT2D eigenvalue weighted by atomic mass is 9.94. The smallest absolute Gasteiger partial charge is 0.0679 e. The van der Waals surface area contributed by atoms with Crippen LogP contribution in [0.3, 0.4) is 0 Å². The maximum Gasteiger partial charge on any atom is 0.0679 e. The standard InChI is InChI=1S/C18H20N2S2/c1-2-10-19-16(3-1)5-11-20-12-8-18(9-13-20)7-4-15-6-14-21-17(15)22-18/h1-4,6-7,10,14H,5,8-9,11-13H2. The van der Waals surface area contributed by atoms with Crippen LogP contribution in [0.25, 0.3) is 6.08 Å². The van der Waals surface area contributed by atoms with Crippen LogP contribution < -0.4 is 0 Å². The lowest BCUT2D eigenvalue weighted by Gasteiger charge is -2.40. The molecule has 2 aromatic heterocycles. The topological polar surface area (TPSA) is 16.1 Å². The number of rotatable bonds is 3. The Bertz CT molecular complexity index is 655. The zero-order valence-corrected chi connectivity index (χ0v) is 14.2. The molecule has 0 bridgehead atoms. The molecule has 2 aromatic rings. The van der Waals surface area contributed by atoms with Crippen LogP contribution in [0, 0.1) is 0 Å². The third-order valence-corrected chi connectivity index (χ3v) is 7.27. The lowest BCUT2D eigenvalue weighted by Crippen LogP contribution is -2.42. The van der Waals surface area contributed by atoms with Gasteiger partial charge < -0.3 is 4.90 Å². The van der Waals surface area contributed by atoms with Crippen molar-refractivity contribution in [3.8, 4) is 0 Å². The van der Waals surface area contributed by atoms with Gasteiger partial charge in [-0.1, -0.05) is 18.2 Å². The Kier molecular flexibility index (Phi) is 4.07. The van der Waals surface area contributed by atoms with E-state index in [-0.39, 0.29) is 0 Å². The third-order valence-electron chi connectivity index (χ3n) is 4.63. The van der Waals surface area contributed by atoms with Gasteiger partial charge in [-0.05, 0) is 55.1 Å². The van der Waals surface area contributed by atoms with Gasteiger partial charge in [0.2, 0.25) is 0 Å². The van der Waals surface area contributed by atoms with E-state index in [2.05, 4.69) is 57.4 Å². The number of likely N-dealkylation sites (tertiary alicyclic amines) is 1. The minimum Gasteiger partial charge on any atom is -0.303 e.